The molecule has 1 aromatic rings. The molecule has 2 aliphatic rings. The van der Waals surface area contributed by atoms with Crippen LogP contribution in [0.1, 0.15) is 12.8 Å². The number of methoxy groups -OCH3 is 1. The first-order valence-corrected chi connectivity index (χ1v) is 5.28. The fourth-order valence-corrected chi connectivity index (χ4v) is 2.01. The number of ether oxygens (including phenoxy) is 1. The lowest BCUT2D eigenvalue weighted by Crippen LogP contribution is -2.35. The van der Waals surface area contributed by atoms with Crippen LogP contribution in [0.2, 0.25) is 0 Å². The summed E-state index contributed by atoms with van der Waals surface area (Å²) in [5.41, 5.74) is 0.886. The Bertz CT molecular complexity index is 378. The van der Waals surface area contributed by atoms with Crippen LogP contribution in [0.25, 0.3) is 0 Å². The minimum absolute atomic E-state index is 0.511. The molecule has 0 saturated heterocycles. The van der Waals surface area contributed by atoms with Gasteiger partial charge in [0.25, 0.3) is 0 Å². The van der Waals surface area contributed by atoms with Crippen LogP contribution >= 0.6 is 0 Å². The highest BCUT2D eigenvalue weighted by Crippen LogP contribution is 2.39. The van der Waals surface area contributed by atoms with Gasteiger partial charge in [-0.2, -0.15) is 4.98 Å². The van der Waals surface area contributed by atoms with E-state index in [0.29, 0.717) is 11.9 Å². The summed E-state index contributed by atoms with van der Waals surface area (Å²) in [5.74, 6) is 2.29. The van der Waals surface area contributed by atoms with E-state index in [9.17, 15) is 0 Å². The number of rotatable bonds is 2. The van der Waals surface area contributed by atoms with Gasteiger partial charge in [0.15, 0.2) is 5.82 Å². The van der Waals surface area contributed by atoms with Crippen LogP contribution < -0.4 is 15.4 Å². The molecule has 0 radical (unpaired) electrons. The van der Waals surface area contributed by atoms with Crippen LogP contribution in [0.15, 0.2) is 6.33 Å². The second-order valence-electron chi connectivity index (χ2n) is 4.08. The monoisotopic (exact) mass is 206 g/mol. The zero-order valence-electron chi connectivity index (χ0n) is 8.66. The molecule has 3 rings (SSSR count). The van der Waals surface area contributed by atoms with Gasteiger partial charge in [0.1, 0.15) is 12.0 Å². The predicted octanol–water partition coefficient (Wildman–Crippen LogP) is 1.10. The Morgan fingerprint density at radius 3 is 3.00 bits per heavy atom. The molecule has 5 nitrogen and oxygen atoms in total. The molecule has 5 heteroatoms. The lowest BCUT2D eigenvalue weighted by molar-refractivity contribution is 0.398. The highest BCUT2D eigenvalue weighted by molar-refractivity contribution is 5.72. The molecule has 1 aliphatic carbocycles. The van der Waals surface area contributed by atoms with Crippen molar-refractivity contribution in [1.82, 2.24) is 9.97 Å². The van der Waals surface area contributed by atoms with Gasteiger partial charge in [-0.05, 0) is 18.8 Å². The van der Waals surface area contributed by atoms with Gasteiger partial charge >= 0.3 is 0 Å². The van der Waals surface area contributed by atoms with Gasteiger partial charge in [-0.25, -0.2) is 4.98 Å². The Kier molecular flexibility index (Phi) is 1.90. The van der Waals surface area contributed by atoms with Crippen molar-refractivity contribution in [3.8, 4) is 5.88 Å². The third kappa shape index (κ3) is 1.48. The number of aromatic nitrogens is 2. The van der Waals surface area contributed by atoms with E-state index in [1.165, 1.54) is 19.2 Å². The largest absolute Gasteiger partial charge is 0.479 e. The van der Waals surface area contributed by atoms with Crippen LogP contribution in [0.3, 0.4) is 0 Å². The van der Waals surface area contributed by atoms with Crippen molar-refractivity contribution < 1.29 is 4.74 Å². The molecule has 15 heavy (non-hydrogen) atoms. The summed E-state index contributed by atoms with van der Waals surface area (Å²) < 4.78 is 5.17. The molecule has 0 bridgehead atoms. The van der Waals surface area contributed by atoms with Crippen molar-refractivity contribution in [3.05, 3.63) is 6.33 Å². The fourth-order valence-electron chi connectivity index (χ4n) is 2.01. The summed E-state index contributed by atoms with van der Waals surface area (Å²) in [6.45, 7) is 0.932. The third-order valence-electron chi connectivity index (χ3n) is 3.02. The second kappa shape index (κ2) is 3.25. The maximum absolute atomic E-state index is 5.17. The normalized spacial score (nSPS) is 23.7. The van der Waals surface area contributed by atoms with Crippen molar-refractivity contribution in [2.75, 3.05) is 24.3 Å². The topological polar surface area (TPSA) is 59.1 Å². The Balaban J connectivity index is 1.89. The summed E-state index contributed by atoms with van der Waals surface area (Å²) in [4.78, 5) is 8.28. The van der Waals surface area contributed by atoms with E-state index in [1.807, 2.05) is 0 Å². The Morgan fingerprint density at radius 1 is 1.40 bits per heavy atom. The molecule has 0 spiro atoms. The van der Waals surface area contributed by atoms with Crippen LogP contribution in [0.4, 0.5) is 11.5 Å². The molecular weight excluding hydrogens is 192 g/mol. The van der Waals surface area contributed by atoms with Crippen molar-refractivity contribution in [2.24, 2.45) is 5.92 Å². The maximum atomic E-state index is 5.17. The van der Waals surface area contributed by atoms with E-state index >= 15 is 0 Å². The Hall–Kier alpha value is -1.52. The summed E-state index contributed by atoms with van der Waals surface area (Å²) >= 11 is 0. The van der Waals surface area contributed by atoms with E-state index in [4.69, 9.17) is 4.74 Å². The molecule has 1 aromatic heterocycles. The van der Waals surface area contributed by atoms with Gasteiger partial charge in [0.2, 0.25) is 5.88 Å². The average molecular weight is 206 g/mol. The van der Waals surface area contributed by atoms with Gasteiger partial charge < -0.3 is 15.4 Å². The highest BCUT2D eigenvalue weighted by Gasteiger charge is 2.34. The molecular formula is C10H14N4O. The molecule has 1 fully saturated rings. The first-order chi connectivity index (χ1) is 7.38. The number of fused-ring (bicyclic) bond motifs is 1. The zero-order valence-corrected chi connectivity index (χ0v) is 8.66. The average Bonchev–Trinajstić information content (AvgIpc) is 3.11. The van der Waals surface area contributed by atoms with E-state index < -0.39 is 0 Å². The standard InChI is InChI=1S/C10H14N4O/c1-15-10-8-9(12-5-13-10)14-7(4-11-8)6-2-3-6/h5-7,11H,2-4H2,1H3,(H,12,13,14). The Morgan fingerprint density at radius 2 is 2.27 bits per heavy atom. The number of hydrogen-bond donors (Lipinski definition) is 2. The number of hydrogen-bond acceptors (Lipinski definition) is 5. The van der Waals surface area contributed by atoms with E-state index in [0.717, 1.165) is 24.0 Å². The van der Waals surface area contributed by atoms with Crippen LogP contribution in [-0.2, 0) is 0 Å². The summed E-state index contributed by atoms with van der Waals surface area (Å²) in [5, 5.41) is 6.78. The lowest BCUT2D eigenvalue weighted by atomic mass is 10.1. The molecule has 80 valence electrons. The first kappa shape index (κ1) is 8.76. The minimum Gasteiger partial charge on any atom is -0.479 e. The molecule has 2 N–H and O–H groups in total. The molecule has 1 saturated carbocycles. The van der Waals surface area contributed by atoms with Gasteiger partial charge in [0, 0.05) is 12.6 Å². The van der Waals surface area contributed by atoms with E-state index in [2.05, 4.69) is 20.6 Å². The lowest BCUT2D eigenvalue weighted by Gasteiger charge is -2.27. The molecule has 0 aromatic carbocycles. The summed E-state index contributed by atoms with van der Waals surface area (Å²) in [7, 11) is 1.62. The van der Waals surface area contributed by atoms with E-state index in [-0.39, 0.29) is 0 Å². The van der Waals surface area contributed by atoms with Crippen LogP contribution in [-0.4, -0.2) is 29.7 Å². The molecule has 1 atom stereocenters. The molecule has 1 unspecified atom stereocenters. The SMILES string of the molecule is COc1ncnc2c1NCC(C1CC1)N2. The van der Waals surface area contributed by atoms with Crippen molar-refractivity contribution >= 4 is 11.5 Å². The third-order valence-corrected chi connectivity index (χ3v) is 3.02. The fraction of sp³-hybridized carbons (Fsp3) is 0.600. The smallest absolute Gasteiger partial charge is 0.242 e. The van der Waals surface area contributed by atoms with Gasteiger partial charge in [-0.15, -0.1) is 0 Å². The van der Waals surface area contributed by atoms with E-state index in [1.54, 1.807) is 7.11 Å². The molecule has 2 heterocycles. The van der Waals surface area contributed by atoms with Crippen molar-refractivity contribution in [3.63, 3.8) is 0 Å². The number of nitrogens with one attached hydrogen (secondary N) is 2. The molecule has 1 aliphatic heterocycles. The van der Waals surface area contributed by atoms with Crippen LogP contribution in [0.5, 0.6) is 5.88 Å². The maximum Gasteiger partial charge on any atom is 0.242 e. The summed E-state index contributed by atoms with van der Waals surface area (Å²) in [6, 6.07) is 0.511. The number of nitrogens with zero attached hydrogens (tertiary/aromatic N) is 2. The first-order valence-electron chi connectivity index (χ1n) is 5.28. The van der Waals surface area contributed by atoms with Crippen LogP contribution in [0, 0.1) is 5.92 Å². The summed E-state index contributed by atoms with van der Waals surface area (Å²) in [6.07, 6.45) is 4.19. The zero-order chi connectivity index (χ0) is 10.3. The van der Waals surface area contributed by atoms with Crippen molar-refractivity contribution in [2.45, 2.75) is 18.9 Å². The quantitative estimate of drug-likeness (QED) is 0.758. The van der Waals surface area contributed by atoms with Gasteiger partial charge in [0.05, 0.1) is 7.11 Å². The Labute approximate surface area is 88.3 Å². The molecule has 0 amide bonds. The number of anilines is 2. The minimum atomic E-state index is 0.511. The van der Waals surface area contributed by atoms with Gasteiger partial charge in [-0.3, -0.25) is 0 Å². The highest BCUT2D eigenvalue weighted by atomic mass is 16.5. The van der Waals surface area contributed by atoms with Gasteiger partial charge in [-0.1, -0.05) is 0 Å². The van der Waals surface area contributed by atoms with Crippen molar-refractivity contribution in [1.29, 1.82) is 0 Å². The predicted molar refractivity (Wildman–Crippen MR) is 57.2 cm³/mol. The second-order valence-corrected chi connectivity index (χ2v) is 4.08.